The molecular formula is C26H33FO4S. The standard InChI is InChI=1S/C26H33FO4S/c27-24(26(30)31)25(32-19-18-23(28)29)22-17-11-10-16-21(22)15-9-4-2-1-3-6-12-20-13-7-5-8-14-20/h5,7-8,10-11,13-14,16-17,24-25H,1-4,6,9,12,15,18-19H2,(H,28,29)(H,30,31). The molecule has 2 atom stereocenters. The first kappa shape index (κ1) is 25.9. The molecular weight excluding hydrogens is 427 g/mol. The third-order valence-corrected chi connectivity index (χ3v) is 6.77. The third kappa shape index (κ3) is 9.43. The SMILES string of the molecule is O=C(O)CCSC(c1ccccc1CCCCCCCCc1ccccc1)C(F)C(=O)O. The van der Waals surface area contributed by atoms with Crippen molar-refractivity contribution in [3.63, 3.8) is 0 Å². The number of halogens is 1. The highest BCUT2D eigenvalue weighted by atomic mass is 32.2. The molecule has 0 saturated heterocycles. The summed E-state index contributed by atoms with van der Waals surface area (Å²) < 4.78 is 14.5. The second-order valence-corrected chi connectivity index (χ2v) is 9.23. The number of alkyl halides is 1. The van der Waals surface area contributed by atoms with Crippen LogP contribution >= 0.6 is 11.8 Å². The van der Waals surface area contributed by atoms with Crippen LogP contribution in [0.1, 0.15) is 66.9 Å². The van der Waals surface area contributed by atoms with Gasteiger partial charge in [-0.3, -0.25) is 4.79 Å². The molecule has 4 nitrogen and oxygen atoms in total. The Labute approximate surface area is 194 Å². The third-order valence-electron chi connectivity index (χ3n) is 5.48. The average molecular weight is 461 g/mol. The van der Waals surface area contributed by atoms with Gasteiger partial charge in [-0.25, -0.2) is 9.18 Å². The van der Waals surface area contributed by atoms with Crippen LogP contribution in [0, 0.1) is 0 Å². The zero-order valence-corrected chi connectivity index (χ0v) is 19.2. The lowest BCUT2D eigenvalue weighted by atomic mass is 9.96. The molecule has 0 spiro atoms. The van der Waals surface area contributed by atoms with Crippen molar-refractivity contribution in [2.24, 2.45) is 0 Å². The lowest BCUT2D eigenvalue weighted by Crippen LogP contribution is -2.23. The van der Waals surface area contributed by atoms with E-state index in [1.165, 1.54) is 24.8 Å². The number of unbranched alkanes of at least 4 members (excludes halogenated alkanes) is 5. The molecule has 0 aliphatic carbocycles. The van der Waals surface area contributed by atoms with Gasteiger partial charge in [-0.15, -0.1) is 11.8 Å². The van der Waals surface area contributed by atoms with Gasteiger partial charge in [0.1, 0.15) is 0 Å². The predicted molar refractivity (Wildman–Crippen MR) is 128 cm³/mol. The number of carboxylic acid groups (broad SMARTS) is 2. The highest BCUT2D eigenvalue weighted by molar-refractivity contribution is 7.99. The highest BCUT2D eigenvalue weighted by Gasteiger charge is 2.31. The maximum atomic E-state index is 14.5. The quantitative estimate of drug-likeness (QED) is 0.280. The van der Waals surface area contributed by atoms with Gasteiger partial charge in [-0.2, -0.15) is 0 Å². The van der Waals surface area contributed by atoms with Gasteiger partial charge < -0.3 is 10.2 Å². The average Bonchev–Trinajstić information content (AvgIpc) is 2.79. The topological polar surface area (TPSA) is 74.6 Å². The van der Waals surface area contributed by atoms with Gasteiger partial charge in [-0.1, -0.05) is 80.3 Å². The normalized spacial score (nSPS) is 12.9. The van der Waals surface area contributed by atoms with E-state index in [-0.39, 0.29) is 12.2 Å². The van der Waals surface area contributed by atoms with E-state index in [9.17, 15) is 19.1 Å². The summed E-state index contributed by atoms with van der Waals surface area (Å²) >= 11 is 1.07. The summed E-state index contributed by atoms with van der Waals surface area (Å²) in [5, 5.41) is 17.2. The van der Waals surface area contributed by atoms with E-state index in [0.29, 0.717) is 5.56 Å². The second kappa shape index (κ2) is 14.7. The van der Waals surface area contributed by atoms with E-state index in [1.54, 1.807) is 12.1 Å². The molecule has 6 heteroatoms. The number of aryl methyl sites for hydroxylation is 2. The number of carbonyl (C=O) groups is 2. The molecule has 0 saturated carbocycles. The maximum Gasteiger partial charge on any atom is 0.339 e. The lowest BCUT2D eigenvalue weighted by Gasteiger charge is -2.21. The van der Waals surface area contributed by atoms with Gasteiger partial charge >= 0.3 is 11.9 Å². The molecule has 0 aromatic heterocycles. The molecule has 174 valence electrons. The summed E-state index contributed by atoms with van der Waals surface area (Å²) in [4.78, 5) is 22.1. The van der Waals surface area contributed by atoms with E-state index in [1.807, 2.05) is 18.2 Å². The Hall–Kier alpha value is -2.34. The number of hydrogen-bond donors (Lipinski definition) is 2. The van der Waals surface area contributed by atoms with Gasteiger partial charge in [0.15, 0.2) is 0 Å². The van der Waals surface area contributed by atoms with Crippen molar-refractivity contribution in [3.05, 3.63) is 71.3 Å². The maximum absolute atomic E-state index is 14.5. The minimum atomic E-state index is -2.07. The molecule has 0 fully saturated rings. The summed E-state index contributed by atoms with van der Waals surface area (Å²) in [5.41, 5.74) is 3.00. The number of rotatable bonds is 16. The molecule has 2 aromatic carbocycles. The Kier molecular flexibility index (Phi) is 11.9. The van der Waals surface area contributed by atoms with Crippen molar-refractivity contribution in [2.45, 2.75) is 69.2 Å². The molecule has 2 N–H and O–H groups in total. The van der Waals surface area contributed by atoms with Crippen molar-refractivity contribution in [1.29, 1.82) is 0 Å². The van der Waals surface area contributed by atoms with Gasteiger partial charge in [0.05, 0.1) is 11.7 Å². The van der Waals surface area contributed by atoms with Crippen LogP contribution < -0.4 is 0 Å². The van der Waals surface area contributed by atoms with Gasteiger partial charge in [0, 0.05) is 5.75 Å². The molecule has 0 amide bonds. The van der Waals surface area contributed by atoms with Crippen LogP contribution in [0.3, 0.4) is 0 Å². The monoisotopic (exact) mass is 460 g/mol. The van der Waals surface area contributed by atoms with Crippen LogP contribution in [0.2, 0.25) is 0 Å². The molecule has 0 aliphatic rings. The number of aliphatic carboxylic acids is 2. The minimum Gasteiger partial charge on any atom is -0.481 e. The van der Waals surface area contributed by atoms with Crippen LogP contribution in [0.25, 0.3) is 0 Å². The van der Waals surface area contributed by atoms with Gasteiger partial charge in [-0.05, 0) is 42.4 Å². The van der Waals surface area contributed by atoms with Gasteiger partial charge in [0.25, 0.3) is 0 Å². The van der Waals surface area contributed by atoms with Crippen molar-refractivity contribution < 1.29 is 24.2 Å². The zero-order valence-electron chi connectivity index (χ0n) is 18.4. The van der Waals surface area contributed by atoms with Crippen molar-refractivity contribution >= 4 is 23.7 Å². The van der Waals surface area contributed by atoms with E-state index < -0.39 is 23.4 Å². The highest BCUT2D eigenvalue weighted by Crippen LogP contribution is 2.37. The number of benzene rings is 2. The summed E-state index contributed by atoms with van der Waals surface area (Å²) in [7, 11) is 0. The Morgan fingerprint density at radius 2 is 1.41 bits per heavy atom. The molecule has 2 aromatic rings. The fourth-order valence-corrected chi connectivity index (χ4v) is 5.01. The fraction of sp³-hybridized carbons (Fsp3) is 0.462. The van der Waals surface area contributed by atoms with Crippen LogP contribution in [-0.2, 0) is 22.4 Å². The smallest absolute Gasteiger partial charge is 0.339 e. The molecule has 2 unspecified atom stereocenters. The van der Waals surface area contributed by atoms with Crippen LogP contribution in [-0.4, -0.2) is 34.1 Å². The second-order valence-electron chi connectivity index (χ2n) is 7.98. The Bertz CT molecular complexity index is 828. The number of hydrogen-bond acceptors (Lipinski definition) is 3. The summed E-state index contributed by atoms with van der Waals surface area (Å²) in [5.74, 6) is -2.31. The van der Waals surface area contributed by atoms with Crippen molar-refractivity contribution in [1.82, 2.24) is 0 Å². The summed E-state index contributed by atoms with van der Waals surface area (Å²) in [6.07, 6.45) is 6.46. The number of carboxylic acids is 2. The molecule has 0 radical (unpaired) electrons. The van der Waals surface area contributed by atoms with Crippen LogP contribution in [0.5, 0.6) is 0 Å². The van der Waals surface area contributed by atoms with Gasteiger partial charge in [0.2, 0.25) is 6.17 Å². The summed E-state index contributed by atoms with van der Waals surface area (Å²) in [6, 6.07) is 17.9. The Morgan fingerprint density at radius 1 is 0.812 bits per heavy atom. The van der Waals surface area contributed by atoms with E-state index >= 15 is 0 Å². The predicted octanol–water partition coefficient (Wildman–Crippen LogP) is 6.48. The Morgan fingerprint density at radius 3 is 2.06 bits per heavy atom. The minimum absolute atomic E-state index is 0.125. The van der Waals surface area contributed by atoms with E-state index in [2.05, 4.69) is 24.3 Å². The Balaban J connectivity index is 1.80. The summed E-state index contributed by atoms with van der Waals surface area (Å²) in [6.45, 7) is 0. The molecule has 2 rings (SSSR count). The lowest BCUT2D eigenvalue weighted by molar-refractivity contribution is -0.142. The number of thioether (sulfide) groups is 1. The first-order valence-corrected chi connectivity index (χ1v) is 12.4. The van der Waals surface area contributed by atoms with Crippen LogP contribution in [0.4, 0.5) is 4.39 Å². The van der Waals surface area contributed by atoms with Crippen molar-refractivity contribution in [3.8, 4) is 0 Å². The molecule has 0 bridgehead atoms. The first-order valence-electron chi connectivity index (χ1n) is 11.3. The first-order chi connectivity index (χ1) is 15.5. The largest absolute Gasteiger partial charge is 0.481 e. The zero-order chi connectivity index (χ0) is 23.2. The molecule has 0 aliphatic heterocycles. The van der Waals surface area contributed by atoms with E-state index in [0.717, 1.165) is 49.4 Å². The van der Waals surface area contributed by atoms with Crippen LogP contribution in [0.15, 0.2) is 54.6 Å². The molecule has 0 heterocycles. The van der Waals surface area contributed by atoms with E-state index in [4.69, 9.17) is 5.11 Å². The van der Waals surface area contributed by atoms with Crippen molar-refractivity contribution in [2.75, 3.05) is 5.75 Å². The molecule has 32 heavy (non-hydrogen) atoms. The fourth-order valence-electron chi connectivity index (χ4n) is 3.77.